The summed E-state index contributed by atoms with van der Waals surface area (Å²) in [7, 11) is 1.60. The summed E-state index contributed by atoms with van der Waals surface area (Å²) < 4.78 is 5.04. The highest BCUT2D eigenvalue weighted by Crippen LogP contribution is 2.17. The number of nitrogens with two attached hydrogens (primary N) is 1. The third kappa shape index (κ3) is 3.03. The third-order valence-electron chi connectivity index (χ3n) is 3.13. The fourth-order valence-corrected chi connectivity index (χ4v) is 2.00. The summed E-state index contributed by atoms with van der Waals surface area (Å²) in [6, 6.07) is 3.78. The molecule has 2 heterocycles. The maximum atomic E-state index is 5.51. The van der Waals surface area contributed by atoms with Crippen molar-refractivity contribution >= 4 is 5.82 Å². The lowest BCUT2D eigenvalue weighted by Crippen LogP contribution is -2.14. The van der Waals surface area contributed by atoms with E-state index >= 15 is 0 Å². The summed E-state index contributed by atoms with van der Waals surface area (Å²) in [4.78, 5) is 13.2. The average Bonchev–Trinajstić information content (AvgIpc) is 2.49. The first-order chi connectivity index (χ1) is 9.67. The molecular weight excluding hydrogens is 254 g/mol. The molecule has 0 aromatic carbocycles. The summed E-state index contributed by atoms with van der Waals surface area (Å²) in [5.74, 6) is 7.50. The molecule has 0 bridgehead atoms. The van der Waals surface area contributed by atoms with Crippen molar-refractivity contribution in [3.8, 4) is 5.88 Å². The normalized spacial score (nSPS) is 10.4. The second-order valence-electron chi connectivity index (χ2n) is 4.44. The van der Waals surface area contributed by atoms with E-state index < -0.39 is 0 Å². The number of nitrogens with one attached hydrogen (secondary N) is 1. The van der Waals surface area contributed by atoms with Gasteiger partial charge in [-0.25, -0.2) is 20.8 Å². The minimum atomic E-state index is 0.595. The molecule has 2 aromatic heterocycles. The fourth-order valence-electron chi connectivity index (χ4n) is 2.00. The number of hydrogen-bond donors (Lipinski definition) is 2. The minimum absolute atomic E-state index is 0.595. The van der Waals surface area contributed by atoms with Crippen molar-refractivity contribution in [2.75, 3.05) is 12.5 Å². The van der Waals surface area contributed by atoms with Crippen molar-refractivity contribution in [3.63, 3.8) is 0 Å². The molecule has 0 saturated heterocycles. The molecule has 0 fully saturated rings. The van der Waals surface area contributed by atoms with Crippen molar-refractivity contribution in [1.29, 1.82) is 0 Å². The van der Waals surface area contributed by atoms with Gasteiger partial charge in [0.15, 0.2) is 0 Å². The van der Waals surface area contributed by atoms with Gasteiger partial charge in [-0.3, -0.25) is 0 Å². The van der Waals surface area contributed by atoms with E-state index in [9.17, 15) is 0 Å². The topological polar surface area (TPSA) is 86.0 Å². The van der Waals surface area contributed by atoms with Crippen LogP contribution in [0.1, 0.15) is 29.6 Å². The number of aromatic nitrogens is 3. The van der Waals surface area contributed by atoms with Crippen LogP contribution in [-0.4, -0.2) is 22.1 Å². The van der Waals surface area contributed by atoms with Crippen LogP contribution >= 0.6 is 0 Å². The Labute approximate surface area is 118 Å². The third-order valence-corrected chi connectivity index (χ3v) is 3.13. The number of hydrazine groups is 1. The molecule has 0 aliphatic carbocycles. The molecule has 0 atom stereocenters. The van der Waals surface area contributed by atoms with Gasteiger partial charge in [0.05, 0.1) is 7.11 Å². The first-order valence-corrected chi connectivity index (χ1v) is 6.49. The number of rotatable bonds is 5. The SMILES string of the molecule is CCc1nc(Cc2ccc(OC)nc2)nc(NN)c1C. The zero-order valence-electron chi connectivity index (χ0n) is 12.0. The molecule has 106 valence electrons. The molecule has 0 radical (unpaired) electrons. The van der Waals surface area contributed by atoms with Crippen molar-refractivity contribution in [1.82, 2.24) is 15.0 Å². The molecule has 6 heteroatoms. The van der Waals surface area contributed by atoms with Crippen molar-refractivity contribution < 1.29 is 4.74 Å². The largest absolute Gasteiger partial charge is 0.481 e. The Bertz CT molecular complexity index is 558. The zero-order chi connectivity index (χ0) is 14.5. The number of hydrogen-bond acceptors (Lipinski definition) is 6. The van der Waals surface area contributed by atoms with Crippen LogP contribution in [0.2, 0.25) is 0 Å². The summed E-state index contributed by atoms with van der Waals surface area (Å²) in [6.45, 7) is 4.03. The highest BCUT2D eigenvalue weighted by Gasteiger charge is 2.09. The molecule has 20 heavy (non-hydrogen) atoms. The molecule has 2 rings (SSSR count). The molecule has 3 N–H and O–H groups in total. The molecule has 0 amide bonds. The van der Waals surface area contributed by atoms with E-state index in [1.807, 2.05) is 19.1 Å². The lowest BCUT2D eigenvalue weighted by molar-refractivity contribution is 0.397. The summed E-state index contributed by atoms with van der Waals surface area (Å²) in [5.41, 5.74) is 5.65. The van der Waals surface area contributed by atoms with Crippen LogP contribution in [0.15, 0.2) is 18.3 Å². The van der Waals surface area contributed by atoms with Crippen LogP contribution < -0.4 is 16.0 Å². The smallest absolute Gasteiger partial charge is 0.212 e. The van der Waals surface area contributed by atoms with Gasteiger partial charge in [-0.2, -0.15) is 0 Å². The van der Waals surface area contributed by atoms with Gasteiger partial charge in [-0.05, 0) is 18.9 Å². The first kappa shape index (κ1) is 14.2. The van der Waals surface area contributed by atoms with Crippen LogP contribution in [0.25, 0.3) is 0 Å². The predicted octanol–water partition coefficient (Wildman–Crippen LogP) is 1.63. The van der Waals surface area contributed by atoms with Gasteiger partial charge in [0.25, 0.3) is 0 Å². The standard InChI is InChI=1S/C14H19N5O/c1-4-11-9(2)14(19-15)18-12(17-11)7-10-5-6-13(20-3)16-8-10/h5-6,8H,4,7,15H2,1-3H3,(H,17,18,19). The average molecular weight is 273 g/mol. The molecule has 0 spiro atoms. The number of anilines is 1. The Morgan fingerprint density at radius 1 is 1.30 bits per heavy atom. The number of nitrogen functional groups attached to an aromatic ring is 1. The number of ether oxygens (including phenoxy) is 1. The maximum absolute atomic E-state index is 5.51. The summed E-state index contributed by atoms with van der Waals surface area (Å²) in [5, 5.41) is 0. The number of methoxy groups -OCH3 is 1. The van der Waals surface area contributed by atoms with E-state index in [2.05, 4.69) is 27.3 Å². The van der Waals surface area contributed by atoms with Gasteiger partial charge in [0, 0.05) is 29.9 Å². The highest BCUT2D eigenvalue weighted by molar-refractivity contribution is 5.45. The maximum Gasteiger partial charge on any atom is 0.212 e. The summed E-state index contributed by atoms with van der Waals surface area (Å²) >= 11 is 0. The molecule has 2 aromatic rings. The van der Waals surface area contributed by atoms with Gasteiger partial charge in [-0.15, -0.1) is 0 Å². The second-order valence-corrected chi connectivity index (χ2v) is 4.44. The van der Waals surface area contributed by atoms with Crippen molar-refractivity contribution in [3.05, 3.63) is 41.0 Å². The van der Waals surface area contributed by atoms with Gasteiger partial charge in [-0.1, -0.05) is 13.0 Å². The van der Waals surface area contributed by atoms with E-state index in [0.29, 0.717) is 18.1 Å². The monoisotopic (exact) mass is 273 g/mol. The van der Waals surface area contributed by atoms with E-state index in [-0.39, 0.29) is 0 Å². The van der Waals surface area contributed by atoms with E-state index in [1.165, 1.54) is 0 Å². The van der Waals surface area contributed by atoms with E-state index in [0.717, 1.165) is 29.1 Å². The molecular formula is C14H19N5O. The Morgan fingerprint density at radius 2 is 2.10 bits per heavy atom. The number of aryl methyl sites for hydroxylation is 1. The lowest BCUT2D eigenvalue weighted by Gasteiger charge is -2.11. The summed E-state index contributed by atoms with van der Waals surface area (Å²) in [6.07, 6.45) is 3.22. The quantitative estimate of drug-likeness (QED) is 0.636. The molecule has 0 saturated carbocycles. The Hall–Kier alpha value is -2.21. The number of nitrogens with zero attached hydrogens (tertiary/aromatic N) is 3. The van der Waals surface area contributed by atoms with Crippen LogP contribution in [0.3, 0.4) is 0 Å². The van der Waals surface area contributed by atoms with Gasteiger partial charge in [0.1, 0.15) is 11.6 Å². The molecule has 0 aliphatic heterocycles. The first-order valence-electron chi connectivity index (χ1n) is 6.49. The Morgan fingerprint density at radius 3 is 2.65 bits per heavy atom. The van der Waals surface area contributed by atoms with E-state index in [4.69, 9.17) is 10.6 Å². The van der Waals surface area contributed by atoms with Gasteiger partial charge in [0.2, 0.25) is 5.88 Å². The molecule has 0 aliphatic rings. The van der Waals surface area contributed by atoms with Crippen molar-refractivity contribution in [2.45, 2.75) is 26.7 Å². The Balaban J connectivity index is 2.27. The molecule has 6 nitrogen and oxygen atoms in total. The van der Waals surface area contributed by atoms with Crippen LogP contribution in [-0.2, 0) is 12.8 Å². The molecule has 0 unspecified atom stereocenters. The van der Waals surface area contributed by atoms with E-state index in [1.54, 1.807) is 13.3 Å². The van der Waals surface area contributed by atoms with Crippen LogP contribution in [0.4, 0.5) is 5.82 Å². The highest BCUT2D eigenvalue weighted by atomic mass is 16.5. The van der Waals surface area contributed by atoms with Gasteiger partial charge >= 0.3 is 0 Å². The number of pyridine rings is 1. The predicted molar refractivity (Wildman–Crippen MR) is 77.6 cm³/mol. The second kappa shape index (κ2) is 6.29. The van der Waals surface area contributed by atoms with Crippen LogP contribution in [0.5, 0.6) is 5.88 Å². The van der Waals surface area contributed by atoms with Gasteiger partial charge < -0.3 is 10.2 Å². The Kier molecular flexibility index (Phi) is 4.47. The van der Waals surface area contributed by atoms with Crippen molar-refractivity contribution in [2.24, 2.45) is 5.84 Å². The fraction of sp³-hybridized carbons (Fsp3) is 0.357. The lowest BCUT2D eigenvalue weighted by atomic mass is 10.1. The van der Waals surface area contributed by atoms with Crippen LogP contribution in [0, 0.1) is 6.92 Å². The minimum Gasteiger partial charge on any atom is -0.481 e. The zero-order valence-corrected chi connectivity index (χ0v) is 12.0.